The fourth-order valence-electron chi connectivity index (χ4n) is 2.59. The van der Waals surface area contributed by atoms with Crippen LogP contribution in [0.5, 0.6) is 5.75 Å². The predicted molar refractivity (Wildman–Crippen MR) is 125 cm³/mol. The van der Waals surface area contributed by atoms with Crippen molar-refractivity contribution in [2.24, 2.45) is 11.5 Å². The lowest BCUT2D eigenvalue weighted by Crippen LogP contribution is -2.58. The zero-order valence-electron chi connectivity index (χ0n) is 17.4. The Kier molecular flexibility index (Phi) is 11.5. The lowest BCUT2D eigenvalue weighted by molar-refractivity contribution is -0.142. The molecule has 0 aromatic heterocycles. The van der Waals surface area contributed by atoms with E-state index in [1.807, 2.05) is 0 Å². The molecule has 0 radical (unpaired) electrons. The molecule has 0 saturated heterocycles. The van der Waals surface area contributed by atoms with E-state index in [2.05, 4.69) is 41.2 Å². The lowest BCUT2D eigenvalue weighted by atomic mass is 10.1. The van der Waals surface area contributed by atoms with E-state index in [4.69, 9.17) is 11.5 Å². The SMILES string of the molecule is NC(=O)CC(N)C(=O)NC(CS)C(=O)NC(CS)C(=O)NC(Cc1ccc(O)cc1)C(=O)O. The van der Waals surface area contributed by atoms with Gasteiger partial charge in [0.25, 0.3) is 0 Å². The minimum Gasteiger partial charge on any atom is -0.508 e. The number of hydrogen-bond donors (Lipinski definition) is 9. The van der Waals surface area contributed by atoms with E-state index in [9.17, 15) is 34.2 Å². The molecule has 0 aliphatic heterocycles. The van der Waals surface area contributed by atoms with Crippen LogP contribution < -0.4 is 27.4 Å². The van der Waals surface area contributed by atoms with Gasteiger partial charge in [0.15, 0.2) is 0 Å². The third kappa shape index (κ3) is 9.59. The summed E-state index contributed by atoms with van der Waals surface area (Å²) in [4.78, 5) is 59.6. The van der Waals surface area contributed by atoms with Gasteiger partial charge in [-0.3, -0.25) is 19.2 Å². The van der Waals surface area contributed by atoms with E-state index in [0.29, 0.717) is 5.56 Å². The normalized spacial score (nSPS) is 14.3. The molecule has 4 atom stereocenters. The molecule has 33 heavy (non-hydrogen) atoms. The van der Waals surface area contributed by atoms with Crippen molar-refractivity contribution in [3.05, 3.63) is 29.8 Å². The monoisotopic (exact) mass is 501 g/mol. The number of thiol groups is 2. The topological polar surface area (TPSA) is 214 Å². The van der Waals surface area contributed by atoms with E-state index >= 15 is 0 Å². The summed E-state index contributed by atoms with van der Waals surface area (Å²) in [5.74, 6) is -4.81. The Morgan fingerprint density at radius 2 is 1.30 bits per heavy atom. The molecule has 182 valence electrons. The Labute approximate surface area is 200 Å². The molecule has 1 aromatic rings. The number of carbonyl (C=O) groups excluding carboxylic acids is 4. The van der Waals surface area contributed by atoms with Gasteiger partial charge in [0, 0.05) is 17.9 Å². The zero-order valence-corrected chi connectivity index (χ0v) is 19.2. The molecule has 9 N–H and O–H groups in total. The van der Waals surface area contributed by atoms with Crippen molar-refractivity contribution in [2.75, 3.05) is 11.5 Å². The molecule has 0 bridgehead atoms. The maximum Gasteiger partial charge on any atom is 0.326 e. The van der Waals surface area contributed by atoms with Gasteiger partial charge < -0.3 is 37.6 Å². The number of aliphatic carboxylic acids is 1. The first kappa shape index (κ1) is 28.1. The van der Waals surface area contributed by atoms with Crippen LogP contribution in [-0.2, 0) is 30.4 Å². The second kappa shape index (κ2) is 13.5. The molecule has 0 spiro atoms. The molecule has 0 fully saturated rings. The Bertz CT molecular complexity index is 869. The van der Waals surface area contributed by atoms with Gasteiger partial charge in [0.1, 0.15) is 23.9 Å². The molecule has 0 heterocycles. The van der Waals surface area contributed by atoms with Crippen molar-refractivity contribution in [2.45, 2.75) is 37.0 Å². The Hall–Kier alpha value is -2.97. The van der Waals surface area contributed by atoms with Crippen LogP contribution in [0.15, 0.2) is 24.3 Å². The minimum absolute atomic E-state index is 0.00827. The number of rotatable bonds is 13. The summed E-state index contributed by atoms with van der Waals surface area (Å²) < 4.78 is 0. The number of nitrogens with one attached hydrogen (secondary N) is 3. The number of amides is 4. The second-order valence-corrected chi connectivity index (χ2v) is 7.76. The molecular weight excluding hydrogens is 474 g/mol. The van der Waals surface area contributed by atoms with Crippen molar-refractivity contribution in [3.8, 4) is 5.75 Å². The number of phenols is 1. The maximum absolute atomic E-state index is 12.6. The van der Waals surface area contributed by atoms with Crippen LogP contribution in [0, 0.1) is 0 Å². The van der Waals surface area contributed by atoms with Gasteiger partial charge >= 0.3 is 5.97 Å². The van der Waals surface area contributed by atoms with Gasteiger partial charge in [0.2, 0.25) is 23.6 Å². The smallest absolute Gasteiger partial charge is 0.326 e. The summed E-state index contributed by atoms with van der Waals surface area (Å²) in [6, 6.07) is 0.799. The molecular formula is C19H27N5O7S2. The molecule has 0 aliphatic carbocycles. The van der Waals surface area contributed by atoms with Gasteiger partial charge in [-0.15, -0.1) is 0 Å². The molecule has 1 aromatic carbocycles. The average Bonchev–Trinajstić information content (AvgIpc) is 2.75. The number of phenolic OH excluding ortho intramolecular Hbond substituents is 1. The third-order valence-electron chi connectivity index (χ3n) is 4.38. The van der Waals surface area contributed by atoms with E-state index < -0.39 is 60.2 Å². The zero-order chi connectivity index (χ0) is 25.1. The maximum atomic E-state index is 12.6. The fraction of sp³-hybridized carbons (Fsp3) is 0.421. The van der Waals surface area contributed by atoms with Crippen molar-refractivity contribution in [3.63, 3.8) is 0 Å². The van der Waals surface area contributed by atoms with Crippen LogP contribution in [-0.4, -0.2) is 75.5 Å². The highest BCUT2D eigenvalue weighted by atomic mass is 32.1. The van der Waals surface area contributed by atoms with Gasteiger partial charge in [-0.25, -0.2) is 4.79 Å². The standard InChI is InChI=1S/C19H27N5O7S2/c20-11(6-15(21)26)16(27)23-13(7-32)18(29)24-14(8-33)17(28)22-12(19(30)31)5-9-1-3-10(25)4-2-9/h1-4,11-14,25,32-33H,5-8,20H2,(H2,21,26)(H,22,28)(H,23,27)(H,24,29)(H,30,31). The summed E-state index contributed by atoms with van der Waals surface area (Å²) in [5.41, 5.74) is 11.1. The number of hydrogen-bond acceptors (Lipinski definition) is 9. The first-order valence-corrected chi connectivity index (χ1v) is 10.9. The Morgan fingerprint density at radius 3 is 1.73 bits per heavy atom. The first-order chi connectivity index (χ1) is 15.5. The number of primary amides is 1. The summed E-state index contributed by atoms with van der Waals surface area (Å²) >= 11 is 8.02. The summed E-state index contributed by atoms with van der Waals surface area (Å²) in [5, 5.41) is 25.8. The number of carboxylic acids is 1. The number of carbonyl (C=O) groups is 5. The third-order valence-corrected chi connectivity index (χ3v) is 5.11. The number of nitrogens with two attached hydrogens (primary N) is 2. The number of benzene rings is 1. The quantitative estimate of drug-likeness (QED) is 0.132. The van der Waals surface area contributed by atoms with Crippen LogP contribution in [0.3, 0.4) is 0 Å². The molecule has 4 unspecified atom stereocenters. The van der Waals surface area contributed by atoms with E-state index in [1.54, 1.807) is 0 Å². The number of carboxylic acid groups (broad SMARTS) is 1. The summed E-state index contributed by atoms with van der Waals surface area (Å²) in [6.45, 7) is 0. The highest BCUT2D eigenvalue weighted by Crippen LogP contribution is 2.11. The number of aromatic hydroxyl groups is 1. The van der Waals surface area contributed by atoms with Crippen LogP contribution in [0.1, 0.15) is 12.0 Å². The van der Waals surface area contributed by atoms with Gasteiger partial charge in [0.05, 0.1) is 12.5 Å². The van der Waals surface area contributed by atoms with Crippen molar-refractivity contribution in [1.29, 1.82) is 0 Å². The molecule has 4 amide bonds. The fourth-order valence-corrected chi connectivity index (χ4v) is 3.10. The Balaban J connectivity index is 2.78. The molecule has 1 rings (SSSR count). The largest absolute Gasteiger partial charge is 0.508 e. The van der Waals surface area contributed by atoms with E-state index in [-0.39, 0.29) is 23.7 Å². The second-order valence-electron chi connectivity index (χ2n) is 7.03. The summed E-state index contributed by atoms with van der Waals surface area (Å²) in [6.07, 6.45) is -0.492. The predicted octanol–water partition coefficient (Wildman–Crippen LogP) is -2.46. The van der Waals surface area contributed by atoms with Gasteiger partial charge in [-0.2, -0.15) is 25.3 Å². The Morgan fingerprint density at radius 1 is 0.848 bits per heavy atom. The van der Waals surface area contributed by atoms with Crippen molar-refractivity contribution >= 4 is 54.9 Å². The molecule has 0 saturated carbocycles. The molecule has 14 heteroatoms. The van der Waals surface area contributed by atoms with Crippen LogP contribution in [0.2, 0.25) is 0 Å². The van der Waals surface area contributed by atoms with E-state index in [0.717, 1.165) is 0 Å². The minimum atomic E-state index is -1.31. The van der Waals surface area contributed by atoms with Crippen LogP contribution >= 0.6 is 25.3 Å². The highest BCUT2D eigenvalue weighted by Gasteiger charge is 2.29. The highest BCUT2D eigenvalue weighted by molar-refractivity contribution is 7.80. The average molecular weight is 502 g/mol. The van der Waals surface area contributed by atoms with Crippen LogP contribution in [0.25, 0.3) is 0 Å². The summed E-state index contributed by atoms with van der Waals surface area (Å²) in [7, 11) is 0. The van der Waals surface area contributed by atoms with Crippen molar-refractivity contribution in [1.82, 2.24) is 16.0 Å². The van der Waals surface area contributed by atoms with Crippen molar-refractivity contribution < 1.29 is 34.2 Å². The van der Waals surface area contributed by atoms with Crippen LogP contribution in [0.4, 0.5) is 0 Å². The lowest BCUT2D eigenvalue weighted by Gasteiger charge is -2.23. The van der Waals surface area contributed by atoms with Gasteiger partial charge in [-0.1, -0.05) is 12.1 Å². The van der Waals surface area contributed by atoms with Gasteiger partial charge in [-0.05, 0) is 17.7 Å². The molecule has 0 aliphatic rings. The molecule has 12 nitrogen and oxygen atoms in total. The first-order valence-electron chi connectivity index (χ1n) is 9.65. The van der Waals surface area contributed by atoms with E-state index in [1.165, 1.54) is 24.3 Å².